The summed E-state index contributed by atoms with van der Waals surface area (Å²) in [5.41, 5.74) is 1.72. The smallest absolute Gasteiger partial charge is 0.267 e. The van der Waals surface area contributed by atoms with Crippen molar-refractivity contribution in [1.29, 1.82) is 0 Å². The van der Waals surface area contributed by atoms with E-state index in [4.69, 9.17) is 0 Å². The molecular weight excluding hydrogens is 359 g/mol. The van der Waals surface area contributed by atoms with Crippen LogP contribution in [0.1, 0.15) is 22.9 Å². The number of carbonyl (C=O) groups excluding carboxylic acids is 1. The largest absolute Gasteiger partial charge is 0.335 e. The first-order valence-electron chi connectivity index (χ1n) is 8.56. The first kappa shape index (κ1) is 18.7. The predicted octanol–water partition coefficient (Wildman–Crippen LogP) is 1.53. The Labute approximate surface area is 156 Å². The van der Waals surface area contributed by atoms with Crippen LogP contribution in [0.5, 0.6) is 0 Å². The molecular formula is C18H22ClFN4O2. The molecule has 0 spiro atoms. The number of aromatic nitrogens is 2. The topological polar surface area (TPSA) is 81.0 Å². The van der Waals surface area contributed by atoms with Crippen LogP contribution in [-0.4, -0.2) is 40.6 Å². The summed E-state index contributed by atoms with van der Waals surface area (Å²) in [6, 6.07) is 6.34. The molecule has 2 fully saturated rings. The summed E-state index contributed by atoms with van der Waals surface area (Å²) >= 11 is 0. The standard InChI is InChI=1S/C18H21FN4O2.ClH/c1-10-14(18(25)22-21-10)6-16(24)23-9-12-7-20-8-15(12)17(23)11-3-2-4-13(19)5-11;/h2-5,12,15,17,20H,6-9H2,1H3,(H2,21,22,25);1H/t12-,15-,17+;/m0./s1. The Balaban J connectivity index is 0.00000196. The molecule has 140 valence electrons. The maximum absolute atomic E-state index is 13.7. The lowest BCUT2D eigenvalue weighted by Crippen LogP contribution is -2.36. The van der Waals surface area contributed by atoms with E-state index in [0.29, 0.717) is 23.7 Å². The van der Waals surface area contributed by atoms with Crippen molar-refractivity contribution in [2.45, 2.75) is 19.4 Å². The summed E-state index contributed by atoms with van der Waals surface area (Å²) in [5.74, 6) is 0.258. The number of amides is 1. The van der Waals surface area contributed by atoms with Crippen LogP contribution in [0.3, 0.4) is 0 Å². The summed E-state index contributed by atoms with van der Waals surface area (Å²) in [7, 11) is 0. The SMILES string of the molecule is Cc1[nH][nH]c(=O)c1CC(=O)N1C[C@@H]2CNC[C@@H]2[C@H]1c1cccc(F)c1.Cl. The molecule has 3 heterocycles. The molecule has 0 aliphatic carbocycles. The number of rotatable bonds is 3. The Kier molecular flexibility index (Phi) is 5.20. The number of fused-ring (bicyclic) bond motifs is 1. The van der Waals surface area contributed by atoms with E-state index in [0.717, 1.165) is 18.7 Å². The molecule has 0 saturated carbocycles. The molecule has 3 atom stereocenters. The van der Waals surface area contributed by atoms with Crippen LogP contribution < -0.4 is 10.9 Å². The van der Waals surface area contributed by atoms with Gasteiger partial charge in [0.05, 0.1) is 12.5 Å². The monoisotopic (exact) mass is 380 g/mol. The number of carbonyl (C=O) groups is 1. The molecule has 0 unspecified atom stereocenters. The Bertz CT molecular complexity index is 865. The number of likely N-dealkylation sites (tertiary alicyclic amines) is 1. The minimum atomic E-state index is -0.294. The molecule has 26 heavy (non-hydrogen) atoms. The van der Waals surface area contributed by atoms with Crippen LogP contribution >= 0.6 is 12.4 Å². The fraction of sp³-hybridized carbons (Fsp3) is 0.444. The van der Waals surface area contributed by atoms with E-state index in [1.54, 1.807) is 13.0 Å². The Morgan fingerprint density at radius 2 is 2.12 bits per heavy atom. The zero-order valence-electron chi connectivity index (χ0n) is 14.4. The van der Waals surface area contributed by atoms with Crippen LogP contribution in [0, 0.1) is 24.6 Å². The number of hydrogen-bond donors (Lipinski definition) is 3. The summed E-state index contributed by atoms with van der Waals surface area (Å²) in [5, 5.41) is 8.64. The molecule has 2 aromatic rings. The minimum absolute atomic E-state index is 0. The van der Waals surface area contributed by atoms with Crippen molar-refractivity contribution in [3.63, 3.8) is 0 Å². The molecule has 2 aliphatic rings. The highest BCUT2D eigenvalue weighted by Crippen LogP contribution is 2.42. The van der Waals surface area contributed by atoms with Gasteiger partial charge in [-0.3, -0.25) is 14.7 Å². The first-order chi connectivity index (χ1) is 12.0. The number of nitrogens with zero attached hydrogens (tertiary/aromatic N) is 1. The van der Waals surface area contributed by atoms with Crippen molar-refractivity contribution in [3.8, 4) is 0 Å². The molecule has 3 N–H and O–H groups in total. The Morgan fingerprint density at radius 1 is 1.31 bits per heavy atom. The molecule has 0 bridgehead atoms. The summed E-state index contributed by atoms with van der Waals surface area (Å²) in [6.45, 7) is 4.09. The summed E-state index contributed by atoms with van der Waals surface area (Å²) < 4.78 is 13.7. The lowest BCUT2D eigenvalue weighted by atomic mass is 9.89. The molecule has 8 heteroatoms. The summed E-state index contributed by atoms with van der Waals surface area (Å²) in [6.07, 6.45) is 0.0589. The predicted molar refractivity (Wildman–Crippen MR) is 97.8 cm³/mol. The van der Waals surface area contributed by atoms with Crippen LogP contribution in [0.2, 0.25) is 0 Å². The fourth-order valence-corrected chi connectivity index (χ4v) is 4.23. The lowest BCUT2D eigenvalue weighted by Gasteiger charge is -2.28. The average Bonchev–Trinajstić information content (AvgIpc) is 3.25. The van der Waals surface area contributed by atoms with Gasteiger partial charge in [-0.15, -0.1) is 12.4 Å². The number of halogens is 2. The normalized spacial score (nSPS) is 24.4. The van der Waals surface area contributed by atoms with Gasteiger partial charge in [0.2, 0.25) is 5.91 Å². The zero-order chi connectivity index (χ0) is 17.6. The van der Waals surface area contributed by atoms with Crippen LogP contribution in [-0.2, 0) is 11.2 Å². The van der Waals surface area contributed by atoms with Crippen molar-refractivity contribution < 1.29 is 9.18 Å². The number of benzene rings is 1. The van der Waals surface area contributed by atoms with Gasteiger partial charge in [0.1, 0.15) is 5.82 Å². The van der Waals surface area contributed by atoms with E-state index in [2.05, 4.69) is 15.5 Å². The second-order valence-electron chi connectivity index (χ2n) is 6.99. The third kappa shape index (κ3) is 3.17. The van der Waals surface area contributed by atoms with Gasteiger partial charge in [-0.25, -0.2) is 4.39 Å². The van der Waals surface area contributed by atoms with E-state index in [1.807, 2.05) is 11.0 Å². The number of aryl methyl sites for hydroxylation is 1. The van der Waals surface area contributed by atoms with Gasteiger partial charge in [-0.05, 0) is 30.5 Å². The van der Waals surface area contributed by atoms with Crippen molar-refractivity contribution in [1.82, 2.24) is 20.4 Å². The Hall–Kier alpha value is -2.12. The van der Waals surface area contributed by atoms with Crippen LogP contribution in [0.25, 0.3) is 0 Å². The number of hydrogen-bond acceptors (Lipinski definition) is 3. The van der Waals surface area contributed by atoms with E-state index < -0.39 is 0 Å². The minimum Gasteiger partial charge on any atom is -0.335 e. The summed E-state index contributed by atoms with van der Waals surface area (Å²) in [4.78, 5) is 26.7. The third-order valence-corrected chi connectivity index (χ3v) is 5.49. The quantitative estimate of drug-likeness (QED) is 0.755. The van der Waals surface area contributed by atoms with Gasteiger partial charge in [0.25, 0.3) is 5.56 Å². The lowest BCUT2D eigenvalue weighted by molar-refractivity contribution is -0.132. The number of aromatic amines is 2. The molecule has 1 amide bonds. The highest BCUT2D eigenvalue weighted by Gasteiger charge is 2.46. The second-order valence-corrected chi connectivity index (χ2v) is 6.99. The maximum atomic E-state index is 13.7. The van der Waals surface area contributed by atoms with Gasteiger partial charge in [-0.2, -0.15) is 0 Å². The van der Waals surface area contributed by atoms with Crippen molar-refractivity contribution in [2.24, 2.45) is 11.8 Å². The van der Waals surface area contributed by atoms with E-state index >= 15 is 0 Å². The number of H-pyrrole nitrogens is 2. The van der Waals surface area contributed by atoms with Crippen LogP contribution in [0.4, 0.5) is 4.39 Å². The Morgan fingerprint density at radius 3 is 2.81 bits per heavy atom. The molecule has 6 nitrogen and oxygen atoms in total. The van der Waals surface area contributed by atoms with Crippen molar-refractivity contribution in [3.05, 3.63) is 57.3 Å². The van der Waals surface area contributed by atoms with Crippen molar-refractivity contribution in [2.75, 3.05) is 19.6 Å². The molecule has 4 rings (SSSR count). The highest BCUT2D eigenvalue weighted by atomic mass is 35.5. The highest BCUT2D eigenvalue weighted by molar-refractivity contribution is 5.85. The molecule has 1 aromatic carbocycles. The fourth-order valence-electron chi connectivity index (χ4n) is 4.23. The van der Waals surface area contributed by atoms with Crippen molar-refractivity contribution >= 4 is 18.3 Å². The third-order valence-electron chi connectivity index (χ3n) is 5.49. The molecule has 1 aromatic heterocycles. The van der Waals surface area contributed by atoms with E-state index in [9.17, 15) is 14.0 Å². The molecule has 0 radical (unpaired) electrons. The van der Waals surface area contributed by atoms with Gasteiger partial charge in [0, 0.05) is 36.8 Å². The van der Waals surface area contributed by atoms with Gasteiger partial charge in [0.15, 0.2) is 0 Å². The number of nitrogens with one attached hydrogen (secondary N) is 3. The molecule has 2 saturated heterocycles. The maximum Gasteiger partial charge on any atom is 0.267 e. The molecule has 2 aliphatic heterocycles. The first-order valence-corrected chi connectivity index (χ1v) is 8.56. The van der Waals surface area contributed by atoms with Gasteiger partial charge < -0.3 is 15.3 Å². The van der Waals surface area contributed by atoms with Gasteiger partial charge in [-0.1, -0.05) is 12.1 Å². The average molecular weight is 381 g/mol. The van der Waals surface area contributed by atoms with E-state index in [-0.39, 0.29) is 48.1 Å². The van der Waals surface area contributed by atoms with Crippen LogP contribution in [0.15, 0.2) is 29.1 Å². The second kappa shape index (κ2) is 7.25. The van der Waals surface area contributed by atoms with Gasteiger partial charge >= 0.3 is 0 Å². The van der Waals surface area contributed by atoms with E-state index in [1.165, 1.54) is 12.1 Å². The zero-order valence-corrected chi connectivity index (χ0v) is 15.2.